The molecule has 0 saturated carbocycles. The maximum Gasteiger partial charge on any atom is 0.412 e. The number of carbonyl (C=O) groups excluding carboxylic acids is 2. The van der Waals surface area contributed by atoms with E-state index in [1.807, 2.05) is 42.5 Å². The quantitative estimate of drug-likeness (QED) is 0.275. The molecule has 0 unspecified atom stereocenters. The lowest BCUT2D eigenvalue weighted by molar-refractivity contribution is -0.140. The molecule has 2 aromatic carbocycles. The van der Waals surface area contributed by atoms with E-state index in [2.05, 4.69) is 15.2 Å². The molecule has 1 atom stereocenters. The van der Waals surface area contributed by atoms with E-state index in [4.69, 9.17) is 20.9 Å². The number of thioether (sulfide) groups is 1. The fraction of sp³-hybridized carbons (Fsp3) is 0.292. The third-order valence-corrected chi connectivity index (χ3v) is 6.25. The zero-order valence-electron chi connectivity index (χ0n) is 18.6. The van der Waals surface area contributed by atoms with Gasteiger partial charge >= 0.3 is 12.1 Å². The maximum atomic E-state index is 12.5. The molecule has 174 valence electrons. The molecule has 3 rings (SSSR count). The number of hydrogen-bond acceptors (Lipinski definition) is 7. The summed E-state index contributed by atoms with van der Waals surface area (Å²) in [5, 5.41) is 7.26. The Balaban J connectivity index is 1.62. The number of methoxy groups -OCH3 is 1. The molecular formula is C24H25ClN2O5S. The minimum atomic E-state index is -0.631. The lowest BCUT2D eigenvalue weighted by Crippen LogP contribution is -2.17. The second kappa shape index (κ2) is 11.8. The molecular weight excluding hydrogens is 464 g/mol. The van der Waals surface area contributed by atoms with Gasteiger partial charge in [0.1, 0.15) is 17.5 Å². The van der Waals surface area contributed by atoms with Crippen molar-refractivity contribution in [2.24, 2.45) is 0 Å². The highest BCUT2D eigenvalue weighted by Crippen LogP contribution is 2.32. The number of carbonyl (C=O) groups is 2. The number of amides is 1. The molecule has 33 heavy (non-hydrogen) atoms. The Morgan fingerprint density at radius 3 is 2.61 bits per heavy atom. The molecule has 3 aromatic rings. The summed E-state index contributed by atoms with van der Waals surface area (Å²) in [7, 11) is 1.39. The molecule has 0 radical (unpaired) electrons. The number of hydrogen-bond donors (Lipinski definition) is 1. The van der Waals surface area contributed by atoms with Gasteiger partial charge in [0.05, 0.1) is 13.5 Å². The average Bonchev–Trinajstić information content (AvgIpc) is 3.17. The SMILES string of the molecule is COC(=O)CCSCc1ccc(-c2onc(C)c2NC(=O)O[C@@H](C)c2ccccc2Cl)cc1. The number of anilines is 1. The number of nitrogens with one attached hydrogen (secondary N) is 1. The van der Waals surface area contributed by atoms with Gasteiger partial charge in [-0.25, -0.2) is 4.79 Å². The van der Waals surface area contributed by atoms with Gasteiger partial charge in [0, 0.05) is 27.7 Å². The second-order valence-electron chi connectivity index (χ2n) is 7.24. The Labute approximate surface area is 201 Å². The van der Waals surface area contributed by atoms with E-state index in [1.165, 1.54) is 7.11 Å². The van der Waals surface area contributed by atoms with Gasteiger partial charge in [-0.1, -0.05) is 59.2 Å². The summed E-state index contributed by atoms with van der Waals surface area (Å²) >= 11 is 7.84. The first-order valence-corrected chi connectivity index (χ1v) is 11.8. The minimum Gasteiger partial charge on any atom is -0.469 e. The molecule has 1 aromatic heterocycles. The van der Waals surface area contributed by atoms with Gasteiger partial charge in [-0.15, -0.1) is 0 Å². The van der Waals surface area contributed by atoms with E-state index in [-0.39, 0.29) is 5.97 Å². The standard InChI is InChI=1S/C24H25ClN2O5S/c1-15-22(26-24(29)31-16(2)19-6-4-5-7-20(19)25)23(32-27-15)18-10-8-17(9-11-18)14-33-13-12-21(28)30-3/h4-11,16H,12-14H2,1-3H3,(H,26,29)/t16-/m0/s1. The van der Waals surface area contributed by atoms with Gasteiger partial charge in [0.15, 0.2) is 5.76 Å². The van der Waals surface area contributed by atoms with E-state index in [9.17, 15) is 9.59 Å². The van der Waals surface area contributed by atoms with Crippen molar-refractivity contribution in [3.63, 3.8) is 0 Å². The normalized spacial score (nSPS) is 11.6. The molecule has 0 bridgehead atoms. The predicted molar refractivity (Wildman–Crippen MR) is 129 cm³/mol. The van der Waals surface area contributed by atoms with E-state index in [0.717, 1.165) is 22.4 Å². The first kappa shape index (κ1) is 24.7. The van der Waals surface area contributed by atoms with Crippen LogP contribution in [-0.4, -0.2) is 30.1 Å². The van der Waals surface area contributed by atoms with Crippen LogP contribution in [0.15, 0.2) is 53.1 Å². The number of benzene rings is 2. The highest BCUT2D eigenvalue weighted by Gasteiger charge is 2.20. The molecule has 0 fully saturated rings. The first-order valence-electron chi connectivity index (χ1n) is 10.3. The molecule has 1 heterocycles. The Morgan fingerprint density at radius 2 is 1.91 bits per heavy atom. The fourth-order valence-electron chi connectivity index (χ4n) is 3.07. The van der Waals surface area contributed by atoms with Gasteiger partial charge in [-0.05, 0) is 25.5 Å². The van der Waals surface area contributed by atoms with Crippen LogP contribution in [0.4, 0.5) is 10.5 Å². The molecule has 9 heteroatoms. The van der Waals surface area contributed by atoms with Crippen molar-refractivity contribution in [1.29, 1.82) is 0 Å². The molecule has 0 spiro atoms. The fourth-order valence-corrected chi connectivity index (χ4v) is 4.25. The number of ether oxygens (including phenoxy) is 2. The molecule has 1 N–H and O–H groups in total. The number of esters is 1. The van der Waals surface area contributed by atoms with Crippen molar-refractivity contribution in [3.8, 4) is 11.3 Å². The van der Waals surface area contributed by atoms with E-state index >= 15 is 0 Å². The van der Waals surface area contributed by atoms with Crippen molar-refractivity contribution in [1.82, 2.24) is 5.16 Å². The van der Waals surface area contributed by atoms with Gasteiger partial charge < -0.3 is 14.0 Å². The van der Waals surface area contributed by atoms with Crippen LogP contribution in [0.25, 0.3) is 11.3 Å². The Kier molecular flexibility index (Phi) is 8.79. The van der Waals surface area contributed by atoms with Gasteiger partial charge in [-0.2, -0.15) is 11.8 Å². The molecule has 0 saturated heterocycles. The first-order chi connectivity index (χ1) is 15.9. The van der Waals surface area contributed by atoms with Crippen LogP contribution in [0.3, 0.4) is 0 Å². The zero-order valence-corrected chi connectivity index (χ0v) is 20.2. The molecule has 7 nitrogen and oxygen atoms in total. The van der Waals surface area contributed by atoms with Gasteiger partial charge in [0.2, 0.25) is 0 Å². The molecule has 0 aliphatic heterocycles. The van der Waals surface area contributed by atoms with Crippen LogP contribution in [0.2, 0.25) is 5.02 Å². The highest BCUT2D eigenvalue weighted by molar-refractivity contribution is 7.98. The van der Waals surface area contributed by atoms with Crippen LogP contribution in [0.5, 0.6) is 0 Å². The maximum absolute atomic E-state index is 12.5. The van der Waals surface area contributed by atoms with Crippen molar-refractivity contribution in [2.75, 3.05) is 18.2 Å². The van der Waals surface area contributed by atoms with Crippen LogP contribution < -0.4 is 5.32 Å². The monoisotopic (exact) mass is 488 g/mol. The van der Waals surface area contributed by atoms with Crippen LogP contribution >= 0.6 is 23.4 Å². The minimum absolute atomic E-state index is 0.210. The Hall–Kier alpha value is -2.97. The molecule has 0 aliphatic rings. The summed E-state index contributed by atoms with van der Waals surface area (Å²) in [6, 6.07) is 15.0. The van der Waals surface area contributed by atoms with Crippen LogP contribution in [-0.2, 0) is 20.0 Å². The lowest BCUT2D eigenvalue weighted by atomic mass is 10.1. The number of aromatic nitrogens is 1. The third kappa shape index (κ3) is 6.76. The summed E-state index contributed by atoms with van der Waals surface area (Å²) in [5.41, 5.74) is 3.58. The number of aryl methyl sites for hydroxylation is 1. The Bertz CT molecular complexity index is 1100. The van der Waals surface area contributed by atoms with E-state index < -0.39 is 12.2 Å². The largest absolute Gasteiger partial charge is 0.469 e. The third-order valence-electron chi connectivity index (χ3n) is 4.88. The Morgan fingerprint density at radius 1 is 1.18 bits per heavy atom. The van der Waals surface area contributed by atoms with Crippen molar-refractivity contribution in [3.05, 3.63) is 70.4 Å². The lowest BCUT2D eigenvalue weighted by Gasteiger charge is -2.15. The van der Waals surface area contributed by atoms with E-state index in [0.29, 0.717) is 34.3 Å². The molecule has 0 aliphatic carbocycles. The summed E-state index contributed by atoms with van der Waals surface area (Å²) in [6.07, 6.45) is -0.775. The van der Waals surface area contributed by atoms with Crippen LogP contribution in [0.1, 0.15) is 36.3 Å². The van der Waals surface area contributed by atoms with Gasteiger partial charge in [-0.3, -0.25) is 10.1 Å². The summed E-state index contributed by atoms with van der Waals surface area (Å²) in [4.78, 5) is 23.7. The number of rotatable bonds is 9. The van der Waals surface area contributed by atoms with E-state index in [1.54, 1.807) is 31.7 Å². The van der Waals surface area contributed by atoms with Crippen molar-refractivity contribution < 1.29 is 23.6 Å². The highest BCUT2D eigenvalue weighted by atomic mass is 35.5. The van der Waals surface area contributed by atoms with Crippen LogP contribution in [0, 0.1) is 6.92 Å². The second-order valence-corrected chi connectivity index (χ2v) is 8.75. The molecule has 1 amide bonds. The topological polar surface area (TPSA) is 90.7 Å². The summed E-state index contributed by atoms with van der Waals surface area (Å²) in [5.74, 6) is 1.70. The average molecular weight is 489 g/mol. The van der Waals surface area contributed by atoms with Crippen molar-refractivity contribution in [2.45, 2.75) is 32.1 Å². The van der Waals surface area contributed by atoms with Gasteiger partial charge in [0.25, 0.3) is 0 Å². The smallest absolute Gasteiger partial charge is 0.412 e. The predicted octanol–water partition coefficient (Wildman–Crippen LogP) is 6.41. The van der Waals surface area contributed by atoms with Crippen molar-refractivity contribution >= 4 is 41.1 Å². The zero-order chi connectivity index (χ0) is 23.8. The summed E-state index contributed by atoms with van der Waals surface area (Å²) in [6.45, 7) is 3.50. The number of halogens is 1. The number of nitrogens with zero attached hydrogens (tertiary/aromatic N) is 1. The summed E-state index contributed by atoms with van der Waals surface area (Å²) < 4.78 is 15.6.